The first-order chi connectivity index (χ1) is 15.7. The van der Waals surface area contributed by atoms with E-state index in [2.05, 4.69) is 10.2 Å². The minimum absolute atomic E-state index is 0.0253. The van der Waals surface area contributed by atoms with Gasteiger partial charge in [-0.3, -0.25) is 14.2 Å². The molecule has 0 fully saturated rings. The molecule has 0 aliphatic carbocycles. The summed E-state index contributed by atoms with van der Waals surface area (Å²) < 4.78 is 7.63. The molecule has 0 bridgehead atoms. The molecule has 0 spiro atoms. The second-order valence-electron chi connectivity index (χ2n) is 7.75. The molecule has 0 unspecified atom stereocenters. The number of carbonyl (C=O) groups excluding carboxylic acids is 1. The van der Waals surface area contributed by atoms with Crippen LogP contribution in [0.15, 0.2) is 50.1 Å². The van der Waals surface area contributed by atoms with Crippen molar-refractivity contribution in [1.29, 1.82) is 0 Å². The molecule has 7 nitrogen and oxygen atoms in total. The Morgan fingerprint density at radius 3 is 3.00 bits per heavy atom. The first kappa shape index (κ1) is 21.1. The van der Waals surface area contributed by atoms with Crippen molar-refractivity contribution in [3.8, 4) is 11.5 Å². The SMILES string of the molecule is O=C(CCCSc1nnc(-c2ccc3c(=O)n4c(nc3c2)CCCCC4)o1)c1cccs1. The summed E-state index contributed by atoms with van der Waals surface area (Å²) in [7, 11) is 0. The standard InChI is InChI=1S/C23H22N4O3S2/c28-18(19-7-5-12-31-19)6-4-13-32-23-26-25-21(30-23)15-9-10-16-17(14-15)24-20-8-2-1-3-11-27(20)22(16)29/h5,7,9-10,12,14H,1-4,6,8,11,13H2. The van der Waals surface area contributed by atoms with E-state index in [0.29, 0.717) is 28.4 Å². The number of carbonyl (C=O) groups is 1. The molecule has 4 heterocycles. The molecule has 1 aliphatic heterocycles. The summed E-state index contributed by atoms with van der Waals surface area (Å²) in [4.78, 5) is 30.5. The molecule has 0 amide bonds. The highest BCUT2D eigenvalue weighted by molar-refractivity contribution is 7.99. The van der Waals surface area contributed by atoms with Crippen LogP contribution >= 0.6 is 23.1 Å². The van der Waals surface area contributed by atoms with Gasteiger partial charge in [-0.2, -0.15) is 0 Å². The lowest BCUT2D eigenvalue weighted by Gasteiger charge is -2.10. The molecular weight excluding hydrogens is 444 g/mol. The highest BCUT2D eigenvalue weighted by Crippen LogP contribution is 2.26. The van der Waals surface area contributed by atoms with Crippen molar-refractivity contribution in [2.24, 2.45) is 0 Å². The zero-order valence-corrected chi connectivity index (χ0v) is 19.1. The first-order valence-corrected chi connectivity index (χ1v) is 12.6. The van der Waals surface area contributed by atoms with E-state index in [-0.39, 0.29) is 11.3 Å². The third-order valence-electron chi connectivity index (χ3n) is 5.54. The van der Waals surface area contributed by atoms with Crippen LogP contribution in [0.5, 0.6) is 0 Å². The van der Waals surface area contributed by atoms with Gasteiger partial charge in [0.15, 0.2) is 5.78 Å². The Bertz CT molecular complexity index is 1310. The molecule has 4 aromatic rings. The zero-order valence-electron chi connectivity index (χ0n) is 17.5. The van der Waals surface area contributed by atoms with Gasteiger partial charge in [0.2, 0.25) is 5.89 Å². The number of rotatable bonds is 7. The van der Waals surface area contributed by atoms with Gasteiger partial charge in [-0.05, 0) is 48.9 Å². The molecule has 32 heavy (non-hydrogen) atoms. The third-order valence-corrected chi connectivity index (χ3v) is 7.36. The second-order valence-corrected chi connectivity index (χ2v) is 9.75. The van der Waals surface area contributed by atoms with Gasteiger partial charge < -0.3 is 4.42 Å². The van der Waals surface area contributed by atoms with E-state index in [4.69, 9.17) is 9.40 Å². The summed E-state index contributed by atoms with van der Waals surface area (Å²) in [5, 5.41) is 11.3. The van der Waals surface area contributed by atoms with Gasteiger partial charge in [-0.1, -0.05) is 24.2 Å². The molecule has 0 saturated carbocycles. The predicted octanol–water partition coefficient (Wildman–Crippen LogP) is 4.99. The Morgan fingerprint density at radius 2 is 2.12 bits per heavy atom. The van der Waals surface area contributed by atoms with Crippen LogP contribution in [-0.2, 0) is 13.0 Å². The molecule has 0 radical (unpaired) electrons. The third kappa shape index (κ3) is 4.40. The van der Waals surface area contributed by atoms with Crippen LogP contribution in [0.3, 0.4) is 0 Å². The maximum atomic E-state index is 12.9. The van der Waals surface area contributed by atoms with E-state index < -0.39 is 0 Å². The number of aryl methyl sites for hydroxylation is 1. The number of hydrogen-bond acceptors (Lipinski definition) is 8. The van der Waals surface area contributed by atoms with E-state index in [1.807, 2.05) is 34.2 Å². The van der Waals surface area contributed by atoms with Gasteiger partial charge in [0.1, 0.15) is 5.82 Å². The van der Waals surface area contributed by atoms with Gasteiger partial charge in [0.25, 0.3) is 10.8 Å². The molecular formula is C23H22N4O3S2. The summed E-state index contributed by atoms with van der Waals surface area (Å²) >= 11 is 2.92. The number of fused-ring (bicyclic) bond motifs is 2. The monoisotopic (exact) mass is 466 g/mol. The molecule has 5 rings (SSSR count). The average molecular weight is 467 g/mol. The molecule has 0 N–H and O–H groups in total. The summed E-state index contributed by atoms with van der Waals surface area (Å²) in [5.74, 6) is 2.15. The van der Waals surface area contributed by atoms with E-state index >= 15 is 0 Å². The van der Waals surface area contributed by atoms with Crippen LogP contribution in [0.1, 0.15) is 47.6 Å². The normalized spacial score (nSPS) is 13.8. The number of ketones is 1. The fourth-order valence-corrected chi connectivity index (χ4v) is 5.28. The van der Waals surface area contributed by atoms with Crippen LogP contribution in [-0.4, -0.2) is 31.3 Å². The number of Topliss-reactive ketones (excluding diaryl/α,β-unsaturated/α-hetero) is 1. The maximum Gasteiger partial charge on any atom is 0.276 e. The Kier molecular flexibility index (Phi) is 6.18. The Balaban J connectivity index is 1.27. The van der Waals surface area contributed by atoms with Crippen molar-refractivity contribution >= 4 is 39.8 Å². The fraction of sp³-hybridized carbons (Fsp3) is 0.348. The van der Waals surface area contributed by atoms with E-state index in [9.17, 15) is 9.59 Å². The highest BCUT2D eigenvalue weighted by Gasteiger charge is 2.16. The molecule has 0 atom stereocenters. The van der Waals surface area contributed by atoms with E-state index in [1.54, 1.807) is 6.07 Å². The van der Waals surface area contributed by atoms with Gasteiger partial charge in [0, 0.05) is 30.7 Å². The van der Waals surface area contributed by atoms with Crippen LogP contribution in [0.25, 0.3) is 22.4 Å². The maximum absolute atomic E-state index is 12.9. The number of aromatic nitrogens is 4. The second kappa shape index (κ2) is 9.38. The Labute approximate surface area is 192 Å². The molecule has 3 aromatic heterocycles. The number of thiophene rings is 1. The minimum Gasteiger partial charge on any atom is -0.411 e. The van der Waals surface area contributed by atoms with Gasteiger partial charge in [-0.25, -0.2) is 4.98 Å². The Morgan fingerprint density at radius 1 is 1.19 bits per heavy atom. The fourth-order valence-electron chi connectivity index (χ4n) is 3.89. The number of hydrogen-bond donors (Lipinski definition) is 0. The summed E-state index contributed by atoms with van der Waals surface area (Å²) in [6, 6.07) is 9.22. The lowest BCUT2D eigenvalue weighted by molar-refractivity contribution is 0.0986. The largest absolute Gasteiger partial charge is 0.411 e. The zero-order chi connectivity index (χ0) is 21.9. The van der Waals surface area contributed by atoms with Crippen LogP contribution in [0, 0.1) is 0 Å². The predicted molar refractivity (Wildman–Crippen MR) is 125 cm³/mol. The van der Waals surface area contributed by atoms with Crippen molar-refractivity contribution < 1.29 is 9.21 Å². The molecule has 164 valence electrons. The van der Waals surface area contributed by atoms with Crippen LogP contribution in [0.2, 0.25) is 0 Å². The summed E-state index contributed by atoms with van der Waals surface area (Å²) in [6.45, 7) is 0.738. The number of benzene rings is 1. The lowest BCUT2D eigenvalue weighted by atomic mass is 10.1. The minimum atomic E-state index is 0.0253. The van der Waals surface area contributed by atoms with Gasteiger partial charge >= 0.3 is 0 Å². The molecule has 0 saturated heterocycles. The van der Waals surface area contributed by atoms with Gasteiger partial charge in [-0.15, -0.1) is 21.5 Å². The number of thioether (sulfide) groups is 1. The quantitative estimate of drug-likeness (QED) is 0.215. The van der Waals surface area contributed by atoms with Crippen molar-refractivity contribution in [1.82, 2.24) is 19.7 Å². The van der Waals surface area contributed by atoms with E-state index in [1.165, 1.54) is 23.1 Å². The van der Waals surface area contributed by atoms with Crippen molar-refractivity contribution in [3.05, 3.63) is 56.8 Å². The lowest BCUT2D eigenvalue weighted by Crippen LogP contribution is -2.24. The van der Waals surface area contributed by atoms with Crippen molar-refractivity contribution in [3.63, 3.8) is 0 Å². The smallest absolute Gasteiger partial charge is 0.276 e. The molecule has 9 heteroatoms. The average Bonchev–Trinajstić information content (AvgIpc) is 3.45. The van der Waals surface area contributed by atoms with Crippen LogP contribution in [0.4, 0.5) is 0 Å². The topological polar surface area (TPSA) is 90.9 Å². The van der Waals surface area contributed by atoms with Crippen molar-refractivity contribution in [2.75, 3.05) is 5.75 Å². The van der Waals surface area contributed by atoms with Crippen LogP contribution < -0.4 is 5.56 Å². The molecule has 1 aliphatic rings. The van der Waals surface area contributed by atoms with Crippen molar-refractivity contribution in [2.45, 2.75) is 50.3 Å². The Hall–Kier alpha value is -2.78. The van der Waals surface area contributed by atoms with Gasteiger partial charge in [0.05, 0.1) is 15.8 Å². The molecule has 1 aromatic carbocycles. The van der Waals surface area contributed by atoms with E-state index in [0.717, 1.165) is 60.7 Å². The highest BCUT2D eigenvalue weighted by atomic mass is 32.2. The first-order valence-electron chi connectivity index (χ1n) is 10.8. The summed E-state index contributed by atoms with van der Waals surface area (Å²) in [5.41, 5.74) is 1.44. The summed E-state index contributed by atoms with van der Waals surface area (Å²) in [6.07, 6.45) is 5.27. The number of nitrogens with zero attached hydrogens (tertiary/aromatic N) is 4.